The Morgan fingerprint density at radius 3 is 2.12 bits per heavy atom. The van der Waals surface area contributed by atoms with Gasteiger partial charge in [-0.2, -0.15) is 8.42 Å². The molecule has 4 aliphatic heterocycles. The van der Waals surface area contributed by atoms with E-state index < -0.39 is 200 Å². The Labute approximate surface area is 577 Å². The van der Waals surface area contributed by atoms with Crippen molar-refractivity contribution in [3.63, 3.8) is 0 Å². The molecule has 2 aliphatic carbocycles. The molecule has 3 aromatic rings. The number of rotatable bonds is 21. The number of hydrogen-bond donors (Lipinski definition) is 16. The molecule has 6 amide bonds. The number of halogens is 1. The monoisotopic (exact) mass is 1430 g/mol. The number of phenols is 1. The van der Waals surface area contributed by atoms with Gasteiger partial charge in [0.2, 0.25) is 35.4 Å². The number of benzene rings is 2. The largest absolute Gasteiger partial charge is 0.504 e. The van der Waals surface area contributed by atoms with Gasteiger partial charge in [-0.15, -0.1) is 10.2 Å². The smallest absolute Gasteiger partial charge is 0.446 e. The summed E-state index contributed by atoms with van der Waals surface area (Å²) < 4.78 is 59.3. The number of aliphatic hydroxyl groups is 8. The van der Waals surface area contributed by atoms with Crippen LogP contribution in [0.1, 0.15) is 120 Å². The van der Waals surface area contributed by atoms with Crippen LogP contribution in [0.15, 0.2) is 36.4 Å². The number of anilines is 1. The Hall–Kier alpha value is -6.38. The lowest BCUT2D eigenvalue weighted by Gasteiger charge is -2.47. The third kappa shape index (κ3) is 19.0. The van der Waals surface area contributed by atoms with Crippen molar-refractivity contribution in [2.75, 3.05) is 71.0 Å². The quantitative estimate of drug-likeness (QED) is 0.0524. The predicted octanol–water partition coefficient (Wildman–Crippen LogP) is -1.79. The molecule has 13 atom stereocenters. The summed E-state index contributed by atoms with van der Waals surface area (Å²) in [4.78, 5) is 92.2. The van der Waals surface area contributed by atoms with E-state index in [1.54, 1.807) is 12.1 Å². The summed E-state index contributed by atoms with van der Waals surface area (Å²) in [5, 5.41) is 125. The average molecular weight is 1430 g/mol. The summed E-state index contributed by atoms with van der Waals surface area (Å²) in [6.45, 7) is 1.57. The number of fused-ring (bicyclic) bond motifs is 2. The van der Waals surface area contributed by atoms with Crippen molar-refractivity contribution in [1.29, 1.82) is 0 Å². The van der Waals surface area contributed by atoms with E-state index in [9.17, 15) is 87.7 Å². The van der Waals surface area contributed by atoms with Crippen molar-refractivity contribution in [2.45, 2.75) is 201 Å². The minimum absolute atomic E-state index is 0.0158. The maximum atomic E-state index is 16.0. The van der Waals surface area contributed by atoms with Crippen molar-refractivity contribution in [3.8, 4) is 22.1 Å². The molecule has 6 fully saturated rings. The highest BCUT2D eigenvalue weighted by Crippen LogP contribution is 2.44. The first-order chi connectivity index (χ1) is 47.1. The Bertz CT molecular complexity index is 3390. The molecule has 1 aromatic heterocycles. The Morgan fingerprint density at radius 1 is 0.788 bits per heavy atom. The van der Waals surface area contributed by atoms with Gasteiger partial charge < -0.3 is 101 Å². The van der Waals surface area contributed by atoms with E-state index in [0.717, 1.165) is 64.6 Å². The number of nitrogens with zero attached hydrogens (tertiary/aromatic N) is 5. The SMILES string of the molecule is COC1(C2CCCCC2)CCN(c2ccc(-c3nnc([C@H]4CC[C@H](CN[C@H]5C[C@@H](O)CNC(=O)[C@@H]6[C@@H](O)[C@@H](C)CN6C(=O)[C@H]([C@H](O)CCNC(CO)CO)NC(=O)[C@H]([C@H](O)Cc6ccc(O)c(OS(=O)(=O)O)c6)NC(=O)[C@@H]6C[C@@H](O)CN6C(=O)[C@H]([C@@H](C)O)NC5=O)CC4)s3)c(F)c2)CC1. The second kappa shape index (κ2) is 34.1. The van der Waals surface area contributed by atoms with Crippen LogP contribution in [0, 0.1) is 23.6 Å². The summed E-state index contributed by atoms with van der Waals surface area (Å²) in [6, 6.07) is -3.71. The number of hydrogen-bond acceptors (Lipinski definition) is 25. The van der Waals surface area contributed by atoms with Crippen LogP contribution in [-0.2, 0) is 50.3 Å². The predicted molar refractivity (Wildman–Crippen MR) is 354 cm³/mol. The van der Waals surface area contributed by atoms with Crippen molar-refractivity contribution in [1.82, 2.24) is 51.9 Å². The zero-order valence-electron chi connectivity index (χ0n) is 55.7. The van der Waals surface area contributed by atoms with E-state index in [-0.39, 0.29) is 42.6 Å². The third-order valence-corrected chi connectivity index (χ3v) is 22.1. The van der Waals surface area contributed by atoms with E-state index in [1.807, 2.05) is 13.2 Å². The van der Waals surface area contributed by atoms with Gasteiger partial charge in [0.15, 0.2) is 16.5 Å². The average Bonchev–Trinajstić information content (AvgIpc) is 1.79. The van der Waals surface area contributed by atoms with E-state index in [2.05, 4.69) is 51.2 Å². The fourth-order valence-electron chi connectivity index (χ4n) is 14.8. The van der Waals surface area contributed by atoms with Gasteiger partial charge in [-0.1, -0.05) is 43.6 Å². The number of piperidine rings is 1. The Balaban J connectivity index is 0.934. The van der Waals surface area contributed by atoms with Gasteiger partial charge in [0, 0.05) is 75.8 Å². The van der Waals surface area contributed by atoms with Crippen LogP contribution in [0.5, 0.6) is 11.5 Å². The van der Waals surface area contributed by atoms with E-state index in [1.165, 1.54) is 57.3 Å². The molecule has 9 rings (SSSR count). The minimum Gasteiger partial charge on any atom is -0.504 e. The highest BCUT2D eigenvalue weighted by Gasteiger charge is 2.50. The fourth-order valence-corrected chi connectivity index (χ4v) is 16.2. The number of phenolic OH excluding ortho intramolecular Hbond substituents is 1. The number of methoxy groups -OCH3 is 1. The van der Waals surface area contributed by atoms with Gasteiger partial charge in [0.05, 0.1) is 67.5 Å². The lowest BCUT2D eigenvalue weighted by atomic mass is 9.72. The maximum absolute atomic E-state index is 16.0. The molecule has 2 aromatic carbocycles. The summed E-state index contributed by atoms with van der Waals surface area (Å²) in [5.41, 5.74) is 0.898. The molecule has 2 saturated carbocycles. The number of carbonyl (C=O) groups excluding carboxylic acids is 6. The second-order valence-electron chi connectivity index (χ2n) is 27.5. The van der Waals surface area contributed by atoms with Crippen molar-refractivity contribution < 1.29 is 101 Å². The van der Waals surface area contributed by atoms with Crippen LogP contribution < -0.4 is 41.0 Å². The molecular formula is C65H96FN11O20S2. The number of aliphatic hydroxyl groups excluding tert-OH is 8. The molecular weight excluding hydrogens is 1340 g/mol. The molecule has 0 spiro atoms. The topological polar surface area (TPSA) is 465 Å². The van der Waals surface area contributed by atoms with Crippen molar-refractivity contribution in [3.05, 3.63) is 52.8 Å². The van der Waals surface area contributed by atoms with Gasteiger partial charge in [0.25, 0.3) is 0 Å². The molecule has 5 heterocycles. The normalized spacial score (nSPS) is 29.2. The molecule has 4 saturated heterocycles. The van der Waals surface area contributed by atoms with Crippen molar-refractivity contribution >= 4 is 62.9 Å². The molecule has 6 aliphatic rings. The van der Waals surface area contributed by atoms with Crippen LogP contribution in [0.4, 0.5) is 10.1 Å². The number of amides is 6. The van der Waals surface area contributed by atoms with Gasteiger partial charge in [-0.25, -0.2) is 4.39 Å². The van der Waals surface area contributed by atoms with Gasteiger partial charge >= 0.3 is 10.4 Å². The van der Waals surface area contributed by atoms with Crippen LogP contribution in [-0.4, -0.2) is 265 Å². The lowest BCUT2D eigenvalue weighted by Crippen LogP contribution is -2.64. The minimum atomic E-state index is -5.23. The summed E-state index contributed by atoms with van der Waals surface area (Å²) in [7, 11) is -3.41. The van der Waals surface area contributed by atoms with E-state index in [0.29, 0.717) is 42.2 Å². The Kier molecular flexibility index (Phi) is 26.4. The first-order valence-electron chi connectivity index (χ1n) is 34.1. The number of aromatic nitrogens is 2. The summed E-state index contributed by atoms with van der Waals surface area (Å²) in [5.74, 6) is -9.22. The first kappa shape index (κ1) is 76.8. The van der Waals surface area contributed by atoms with Crippen LogP contribution in [0.25, 0.3) is 10.6 Å². The number of carbonyl (C=O) groups is 6. The lowest BCUT2D eigenvalue weighted by molar-refractivity contribution is -0.147. The molecule has 16 N–H and O–H groups in total. The van der Waals surface area contributed by atoms with Crippen molar-refractivity contribution in [2.24, 2.45) is 17.8 Å². The molecule has 31 nitrogen and oxygen atoms in total. The molecule has 0 radical (unpaired) electrons. The summed E-state index contributed by atoms with van der Waals surface area (Å²) in [6.07, 6.45) is -2.04. The number of aromatic hydroxyl groups is 1. The van der Waals surface area contributed by atoms with Crippen LogP contribution in [0.3, 0.4) is 0 Å². The molecule has 0 bridgehead atoms. The van der Waals surface area contributed by atoms with Crippen LogP contribution in [0.2, 0.25) is 0 Å². The highest BCUT2D eigenvalue weighted by atomic mass is 32.3. The number of β-amino-alcohol motifs (C(OH)–C–C–N with tert-alkyl or cyclic N) is 1. The highest BCUT2D eigenvalue weighted by molar-refractivity contribution is 7.81. The van der Waals surface area contributed by atoms with Gasteiger partial charge in [-0.3, -0.25) is 33.3 Å². The maximum Gasteiger partial charge on any atom is 0.446 e. The zero-order chi connectivity index (χ0) is 71.6. The van der Waals surface area contributed by atoms with Gasteiger partial charge in [-0.05, 0) is 132 Å². The fraction of sp³-hybridized carbons (Fsp3) is 0.692. The molecule has 34 heteroatoms. The summed E-state index contributed by atoms with van der Waals surface area (Å²) >= 11 is 1.33. The second-order valence-corrected chi connectivity index (χ2v) is 29.5. The van der Waals surface area contributed by atoms with E-state index in [4.69, 9.17) is 4.74 Å². The number of ether oxygens (including phenoxy) is 1. The first-order valence-corrected chi connectivity index (χ1v) is 36.3. The molecule has 550 valence electrons. The Morgan fingerprint density at radius 2 is 1.46 bits per heavy atom. The molecule has 0 unspecified atom stereocenters. The number of nitrogens with one attached hydrogen (secondary N) is 6. The van der Waals surface area contributed by atoms with Crippen LogP contribution >= 0.6 is 11.3 Å². The third-order valence-electron chi connectivity index (χ3n) is 20.6. The standard InChI is InChI=1S/C65H96FN11O20S2/c1-34-30-77-55(56(34)86)60(90)69-29-42(81)26-46(68-28-36-9-12-38(13-10-36)61-73-74-62(98-61)44-15-14-41(25-45(44)66)75-21-18-65(96-3,19-22-75)39-7-5-4-6-8-39)57(87)70-52(35(2)80)63(91)76-31-43(82)27-47(76)58(88)71-53(50(85)23-37-11-16-48(83)51(24-37)97-99(93,94)95)59(89)72-54(64(77)92)49(84)17-20-67-40(32-78)33-79/h11,14-16,24-25,34-36,38-40,42-43,46-47,49-50,52-56,67-68,78-86H,4-10,12-13,17-23,26-33H2,1-3H3,(H,69,90)(H,70,87)(H,71,88)(H,72,89)(H,93,94,95)/t34-,35+,36-,38-,42+,43+,46-,47-,49+,50+,52-,53-,54-,55-,56-/m0/s1. The molecule has 99 heavy (non-hydrogen) atoms. The zero-order valence-corrected chi connectivity index (χ0v) is 57.4. The van der Waals surface area contributed by atoms with Gasteiger partial charge in [0.1, 0.15) is 41.0 Å². The van der Waals surface area contributed by atoms with E-state index >= 15 is 4.39 Å².